The fraction of sp³-hybridized carbons (Fsp3) is 0.418. The van der Waals surface area contributed by atoms with Gasteiger partial charge in [0.2, 0.25) is 12.2 Å². The van der Waals surface area contributed by atoms with Gasteiger partial charge in [-0.25, -0.2) is 83.8 Å². The SMILES string of the molecule is C/C(=C\c1ccccc1)CN1CCN(CC2ON=C3c4ncncc4OCC32)CC1.C/C(=C\c1ccccc1)CN1CCNCC1.CCOC(=O)/C=C\C(=O)OCC.CCOC(=O)C1ON=C(c2ncncc2Cl)C1C(=O)OCC.CCOC(=O)C1ON=C2c3ncncc3OCC21.COC(=O)c1ncncc1OC.CS(=O)(=O)OCC1ON=C2c3ncncc3OCC21.ON=Cc1ncncc1Cl. The number of benzene rings is 2. The highest BCUT2D eigenvalue weighted by molar-refractivity contribution is 7.86. The molecule has 0 saturated carbocycles. The third-order valence-electron chi connectivity index (χ3n) is 20.5. The normalized spacial score (nSPS) is 19.5. The first-order valence-corrected chi connectivity index (χ1v) is 46.4. The largest absolute Gasteiger partial charge is 0.493 e. The van der Waals surface area contributed by atoms with Gasteiger partial charge < -0.3 is 77.2 Å². The molecule has 0 amide bonds. The minimum absolute atomic E-state index is 0.0226. The van der Waals surface area contributed by atoms with Gasteiger partial charge >= 0.3 is 35.8 Å². The Kier molecular flexibility index (Phi) is 43.0. The lowest BCUT2D eigenvalue weighted by Gasteiger charge is -2.36. The first kappa shape index (κ1) is 107. The molecule has 0 bridgehead atoms. The second kappa shape index (κ2) is 55.9. The van der Waals surface area contributed by atoms with Crippen LogP contribution in [0, 0.1) is 23.7 Å². The Hall–Kier alpha value is -14.2. The lowest BCUT2D eigenvalue weighted by molar-refractivity contribution is -0.164. The lowest BCUT2D eigenvalue weighted by Crippen LogP contribution is -2.50. The predicted molar refractivity (Wildman–Crippen MR) is 501 cm³/mol. The van der Waals surface area contributed by atoms with Crippen molar-refractivity contribution in [1.82, 2.24) is 79.8 Å². The average Bonchev–Trinajstić information content (AvgIpc) is 1.63. The number of oxime groups is 5. The molecule has 2 N–H and O–H groups in total. The summed E-state index contributed by atoms with van der Waals surface area (Å²) in [5.74, 6) is -2.70. The maximum absolute atomic E-state index is 12.2. The molecule has 17 rings (SSSR count). The summed E-state index contributed by atoms with van der Waals surface area (Å²) >= 11 is 11.6. The molecule has 139 heavy (non-hydrogen) atoms. The minimum atomic E-state index is -3.51. The van der Waals surface area contributed by atoms with Crippen LogP contribution in [0.3, 0.4) is 0 Å². The zero-order chi connectivity index (χ0) is 99.4. The highest BCUT2D eigenvalue weighted by Gasteiger charge is 2.50. The third-order valence-corrected chi connectivity index (χ3v) is 21.7. The first-order valence-electron chi connectivity index (χ1n) is 43.8. The maximum atomic E-state index is 12.2. The van der Waals surface area contributed by atoms with Crippen LogP contribution in [-0.4, -0.2) is 329 Å². The number of methoxy groups -OCH3 is 2. The number of hydrogen-bond donors (Lipinski definition) is 2. The van der Waals surface area contributed by atoms with Crippen LogP contribution in [0.25, 0.3) is 12.2 Å². The number of aromatic nitrogens is 12. The fourth-order valence-electron chi connectivity index (χ4n) is 14.1. The van der Waals surface area contributed by atoms with E-state index in [1.54, 1.807) is 53.2 Å². The number of nitrogens with one attached hydrogen (secondary N) is 1. The molecule has 8 atom stereocenters. The first-order chi connectivity index (χ1) is 67.4. The van der Waals surface area contributed by atoms with E-state index in [1.807, 2.05) is 0 Å². The summed E-state index contributed by atoms with van der Waals surface area (Å²) in [4.78, 5) is 144. The Balaban J connectivity index is 0.000000168. The van der Waals surface area contributed by atoms with Crippen LogP contribution in [0.5, 0.6) is 23.0 Å². The molecule has 740 valence electrons. The summed E-state index contributed by atoms with van der Waals surface area (Å²) in [6, 6.07) is 21.1. The van der Waals surface area contributed by atoms with Crippen LogP contribution in [0.2, 0.25) is 10.0 Å². The van der Waals surface area contributed by atoms with Gasteiger partial charge in [-0.05, 0) is 59.6 Å². The standard InChI is InChI=1S/C23H27N5O2.C14H20N2.C13H14ClN3O5.C11H11N3O4.C10H11N3O5S.C8H12O4.C7H8N2O3.C5H4ClN3O/c1-17(11-18-5-3-2-4-6-18)13-27-7-9-28(10-8-27)14-21-19-15-29-20-12-24-16-25-23(20)22(19)26-30-21;1-13(11-14-5-3-2-4-6-14)12-16-9-7-15-8-10-16;1-3-20-12(18)8-10(9-7(14)5-15-6-16-9)17-22-11(8)13(19)21-4-2;1-2-16-11(15)10-6-4-17-7-3-12-5-13-9(7)8(6)14-18-10;1-19(14,15)17-4-8-6-3-16-7-2-11-5-12-10(7)9(6)13-18-8;1-3-11-7(9)5-6-8(10)12-4-2;1-11-5-3-8-4-9-6(5)7(10)12-2;6-4-1-7-3-8-5(4)2-9-10/h2-6,11-12,16,19,21H,7-10,13-15H2,1H3;2-6,11,15H,7-10,12H2,1H3;5-6,8,11H,3-4H2,1-2H3;3,5-6,10H,2,4H2,1H3;2,5-6,8H,3-4H2,1H3;5-6H,3-4H2,1-2H3;3-4H,1-2H3;1-3,10H/b17-11+;13-11+;;;;6-5-;;. The number of piperazine rings is 2. The highest BCUT2D eigenvalue weighted by Crippen LogP contribution is 2.36. The van der Waals surface area contributed by atoms with Gasteiger partial charge in [0.15, 0.2) is 46.8 Å². The molecule has 45 nitrogen and oxygen atoms in total. The van der Waals surface area contributed by atoms with Crippen molar-refractivity contribution in [2.24, 2.45) is 49.5 Å². The number of halogens is 2. The fourth-order valence-corrected chi connectivity index (χ4v) is 14.9. The number of rotatable bonds is 25. The molecule has 48 heteroatoms. The number of carbonyl (C=O) groups excluding carboxylic acids is 6. The zero-order valence-electron chi connectivity index (χ0n) is 77.8. The number of carbonyl (C=O) groups is 6. The third kappa shape index (κ3) is 32.5. The van der Waals surface area contributed by atoms with Gasteiger partial charge in [-0.1, -0.05) is 133 Å². The lowest BCUT2D eigenvalue weighted by atomic mass is 9.93. The topological polar surface area (TPSA) is 533 Å². The van der Waals surface area contributed by atoms with Crippen molar-refractivity contribution >= 4 is 110 Å². The Morgan fingerprint density at radius 2 is 0.921 bits per heavy atom. The van der Waals surface area contributed by atoms with Gasteiger partial charge in [-0.15, -0.1) is 0 Å². The van der Waals surface area contributed by atoms with Crippen molar-refractivity contribution in [3.8, 4) is 23.0 Å². The number of nitrogens with zero attached hydrogens (tertiary/aromatic N) is 20. The van der Waals surface area contributed by atoms with Gasteiger partial charge in [0, 0.05) is 96.5 Å². The molecule has 2 aromatic carbocycles. The second-order valence-electron chi connectivity index (χ2n) is 30.3. The summed E-state index contributed by atoms with van der Waals surface area (Å²) in [6.45, 7) is 27.0. The Morgan fingerprint density at radius 3 is 1.42 bits per heavy atom. The van der Waals surface area contributed by atoms with Crippen molar-refractivity contribution in [1.29, 1.82) is 0 Å². The van der Waals surface area contributed by atoms with Gasteiger partial charge in [-0.3, -0.25) is 23.7 Å². The van der Waals surface area contributed by atoms with Crippen LogP contribution in [0.1, 0.15) is 98.6 Å². The molecule has 8 unspecified atom stereocenters. The molecule has 15 heterocycles. The van der Waals surface area contributed by atoms with E-state index in [0.717, 1.165) is 94.9 Å². The van der Waals surface area contributed by atoms with Crippen molar-refractivity contribution in [3.05, 3.63) is 214 Å². The van der Waals surface area contributed by atoms with Crippen LogP contribution in [0.4, 0.5) is 0 Å². The summed E-state index contributed by atoms with van der Waals surface area (Å²) in [5, 5.41) is 30.8. The maximum Gasteiger partial charge on any atom is 0.360 e. The number of fused-ring (bicyclic) bond motifs is 9. The van der Waals surface area contributed by atoms with Crippen molar-refractivity contribution in [2.45, 2.75) is 72.9 Å². The van der Waals surface area contributed by atoms with E-state index in [2.05, 4.69) is 206 Å². The zero-order valence-corrected chi connectivity index (χ0v) is 80.1. The van der Waals surface area contributed by atoms with E-state index >= 15 is 0 Å². The van der Waals surface area contributed by atoms with E-state index in [0.29, 0.717) is 96.2 Å². The van der Waals surface area contributed by atoms with Crippen molar-refractivity contribution in [3.63, 3.8) is 0 Å². The molecule has 2 saturated heterocycles. The van der Waals surface area contributed by atoms with E-state index in [1.165, 1.54) is 106 Å². The van der Waals surface area contributed by atoms with E-state index in [4.69, 9.17) is 85.1 Å². The van der Waals surface area contributed by atoms with E-state index in [-0.39, 0.29) is 65.8 Å². The molecule has 8 aromatic rings. The monoisotopic (exact) mass is 1980 g/mol. The minimum Gasteiger partial charge on any atom is -0.493 e. The second-order valence-corrected chi connectivity index (χ2v) is 32.8. The van der Waals surface area contributed by atoms with Crippen LogP contribution >= 0.6 is 23.2 Å². The Morgan fingerprint density at radius 1 is 0.496 bits per heavy atom. The van der Waals surface area contributed by atoms with Gasteiger partial charge in [0.1, 0.15) is 116 Å². The van der Waals surface area contributed by atoms with Crippen molar-refractivity contribution < 1.29 is 113 Å². The van der Waals surface area contributed by atoms with E-state index < -0.39 is 70.2 Å². The molecule has 0 radical (unpaired) electrons. The molecule has 9 aliphatic heterocycles. The summed E-state index contributed by atoms with van der Waals surface area (Å²) in [5.41, 5.74) is 10.4. The smallest absolute Gasteiger partial charge is 0.360 e. The Bertz CT molecular complexity index is 5750. The number of esters is 6. The molecule has 6 aromatic heterocycles. The molecular formula is C91H107Cl2N21O24S. The van der Waals surface area contributed by atoms with Crippen LogP contribution in [0.15, 0.2) is 185 Å². The molecule has 0 aliphatic carbocycles. The molecule has 2 fully saturated rings. The van der Waals surface area contributed by atoms with Crippen LogP contribution in [-0.2, 0) is 86.0 Å². The number of hydrogen-bond acceptors (Lipinski definition) is 45. The molecule has 0 spiro atoms. The van der Waals surface area contributed by atoms with Gasteiger partial charge in [-0.2, -0.15) is 8.42 Å². The summed E-state index contributed by atoms with van der Waals surface area (Å²) < 4.78 is 76.7. The summed E-state index contributed by atoms with van der Waals surface area (Å²) in [6.07, 6.45) is 23.5. The highest BCUT2D eigenvalue weighted by atomic mass is 35.5. The summed E-state index contributed by atoms with van der Waals surface area (Å²) in [7, 11) is -0.790. The number of ether oxygens (including phenoxy) is 10. The van der Waals surface area contributed by atoms with Crippen molar-refractivity contribution in [2.75, 3.05) is 152 Å². The quantitative estimate of drug-likeness (QED) is 0.0112. The van der Waals surface area contributed by atoms with Crippen LogP contribution < -0.4 is 24.3 Å². The van der Waals surface area contributed by atoms with E-state index in [9.17, 15) is 37.2 Å². The van der Waals surface area contributed by atoms with Gasteiger partial charge in [0.05, 0.1) is 112 Å². The average molecular weight is 1980 g/mol. The molecule has 9 aliphatic rings. The Labute approximate surface area is 810 Å². The molecular weight excluding hydrogens is 1870 g/mol. The predicted octanol–water partition coefficient (Wildman–Crippen LogP) is 6.87. The van der Waals surface area contributed by atoms with Gasteiger partial charge in [0.25, 0.3) is 10.1 Å².